The summed E-state index contributed by atoms with van der Waals surface area (Å²) in [4.78, 5) is 2.12. The van der Waals surface area contributed by atoms with Gasteiger partial charge in [0.15, 0.2) is 0 Å². The Balaban J connectivity index is 1.84. The average Bonchev–Trinajstić information content (AvgIpc) is 3.29. The van der Waals surface area contributed by atoms with Gasteiger partial charge < -0.3 is 10.5 Å². The molecule has 1 saturated carbocycles. The molecule has 0 radical (unpaired) electrons. The molecule has 2 rings (SSSR count). The van der Waals surface area contributed by atoms with Crippen LogP contribution in [0.1, 0.15) is 36.4 Å². The maximum absolute atomic E-state index is 12.6. The van der Waals surface area contributed by atoms with E-state index in [9.17, 15) is 8.78 Å². The Kier molecular flexibility index (Phi) is 6.08. The van der Waals surface area contributed by atoms with E-state index in [4.69, 9.17) is 10.5 Å². The molecule has 0 aromatic heterocycles. The highest BCUT2D eigenvalue weighted by Crippen LogP contribution is 2.28. The lowest BCUT2D eigenvalue weighted by molar-refractivity contribution is 0.0922. The molecular weight excluding hydrogens is 274 g/mol. The van der Waals surface area contributed by atoms with E-state index in [1.807, 2.05) is 7.05 Å². The number of likely N-dealkylation sites (N-methyl/N-ethyl adjacent to an activating group) is 1. The van der Waals surface area contributed by atoms with Gasteiger partial charge in [-0.3, -0.25) is 4.90 Å². The summed E-state index contributed by atoms with van der Waals surface area (Å²) in [6.45, 7) is 2.77. The summed E-state index contributed by atoms with van der Waals surface area (Å²) in [6.07, 6.45) is 0.152. The lowest BCUT2D eigenvalue weighted by Gasteiger charge is -2.27. The summed E-state index contributed by atoms with van der Waals surface area (Å²) in [5.41, 5.74) is 6.85. The summed E-state index contributed by atoms with van der Waals surface area (Å²) in [5.74, 6) is 0.766. The van der Waals surface area contributed by atoms with E-state index < -0.39 is 6.43 Å². The Hall–Kier alpha value is -1.04. The van der Waals surface area contributed by atoms with E-state index in [0.717, 1.165) is 24.6 Å². The van der Waals surface area contributed by atoms with Crippen LogP contribution in [0.25, 0.3) is 0 Å². The highest BCUT2D eigenvalue weighted by Gasteiger charge is 2.21. The zero-order chi connectivity index (χ0) is 15.2. The molecule has 1 aromatic rings. The van der Waals surface area contributed by atoms with Gasteiger partial charge in [0, 0.05) is 31.3 Å². The molecule has 1 aromatic carbocycles. The Morgan fingerprint density at radius 2 is 1.86 bits per heavy atom. The third-order valence-electron chi connectivity index (χ3n) is 3.97. The molecule has 21 heavy (non-hydrogen) atoms. The second-order valence-electron chi connectivity index (χ2n) is 5.72. The third-order valence-corrected chi connectivity index (χ3v) is 3.97. The van der Waals surface area contributed by atoms with Crippen molar-refractivity contribution < 1.29 is 13.5 Å². The van der Waals surface area contributed by atoms with Crippen LogP contribution in [-0.2, 0) is 4.74 Å². The molecule has 1 fully saturated rings. The number of nitrogens with zero attached hydrogens (tertiary/aromatic N) is 1. The van der Waals surface area contributed by atoms with E-state index in [0.29, 0.717) is 13.2 Å². The number of ether oxygens (including phenoxy) is 1. The highest BCUT2D eigenvalue weighted by atomic mass is 19.3. The van der Waals surface area contributed by atoms with Gasteiger partial charge >= 0.3 is 0 Å². The zero-order valence-corrected chi connectivity index (χ0v) is 12.5. The van der Waals surface area contributed by atoms with Crippen molar-refractivity contribution >= 4 is 0 Å². The van der Waals surface area contributed by atoms with Gasteiger partial charge in [0.05, 0.1) is 6.61 Å². The number of rotatable bonds is 9. The molecule has 0 bridgehead atoms. The smallest absolute Gasteiger partial charge is 0.263 e. The molecule has 3 nitrogen and oxygen atoms in total. The normalized spacial score (nSPS) is 16.7. The summed E-state index contributed by atoms with van der Waals surface area (Å²) in [7, 11) is 1.99. The summed E-state index contributed by atoms with van der Waals surface area (Å²) >= 11 is 0. The van der Waals surface area contributed by atoms with Crippen molar-refractivity contribution in [1.82, 2.24) is 4.90 Å². The number of nitrogens with two attached hydrogens (primary N) is 1. The van der Waals surface area contributed by atoms with Crippen molar-refractivity contribution in [2.45, 2.75) is 25.3 Å². The van der Waals surface area contributed by atoms with Gasteiger partial charge in [-0.05, 0) is 31.4 Å². The first-order valence-corrected chi connectivity index (χ1v) is 7.48. The summed E-state index contributed by atoms with van der Waals surface area (Å²) in [6, 6.07) is 6.45. The summed E-state index contributed by atoms with van der Waals surface area (Å²) in [5, 5.41) is 0. The minimum Gasteiger partial charge on any atom is -0.380 e. The molecule has 5 heteroatoms. The van der Waals surface area contributed by atoms with E-state index in [-0.39, 0.29) is 11.6 Å². The van der Waals surface area contributed by atoms with Crippen molar-refractivity contribution in [3.05, 3.63) is 35.4 Å². The van der Waals surface area contributed by atoms with Crippen molar-refractivity contribution in [2.24, 2.45) is 11.7 Å². The molecule has 0 amide bonds. The molecule has 0 saturated heterocycles. The van der Waals surface area contributed by atoms with Crippen molar-refractivity contribution in [2.75, 3.05) is 33.4 Å². The fourth-order valence-electron chi connectivity index (χ4n) is 2.33. The van der Waals surface area contributed by atoms with E-state index in [1.165, 1.54) is 25.0 Å². The van der Waals surface area contributed by atoms with Gasteiger partial charge in [0.2, 0.25) is 0 Å². The van der Waals surface area contributed by atoms with Crippen LogP contribution >= 0.6 is 0 Å². The van der Waals surface area contributed by atoms with E-state index in [2.05, 4.69) is 4.90 Å². The number of hydrogen-bond donors (Lipinski definition) is 1. The number of alkyl halides is 2. The molecule has 0 aliphatic heterocycles. The third kappa shape index (κ3) is 5.02. The molecule has 1 atom stereocenters. The molecule has 1 aliphatic rings. The monoisotopic (exact) mass is 298 g/mol. The van der Waals surface area contributed by atoms with E-state index >= 15 is 0 Å². The fraction of sp³-hybridized carbons (Fsp3) is 0.625. The Morgan fingerprint density at radius 3 is 2.38 bits per heavy atom. The van der Waals surface area contributed by atoms with Gasteiger partial charge in [0.1, 0.15) is 0 Å². The molecule has 0 heterocycles. The van der Waals surface area contributed by atoms with Gasteiger partial charge in [-0.1, -0.05) is 24.3 Å². The predicted molar refractivity (Wildman–Crippen MR) is 79.4 cm³/mol. The molecule has 118 valence electrons. The largest absolute Gasteiger partial charge is 0.380 e. The van der Waals surface area contributed by atoms with Crippen LogP contribution in [0.3, 0.4) is 0 Å². The van der Waals surface area contributed by atoms with Gasteiger partial charge in [-0.25, -0.2) is 8.78 Å². The predicted octanol–water partition coefficient (Wildman–Crippen LogP) is 2.98. The summed E-state index contributed by atoms with van der Waals surface area (Å²) < 4.78 is 30.8. The number of halogens is 2. The van der Waals surface area contributed by atoms with Crippen molar-refractivity contribution in [1.29, 1.82) is 0 Å². The van der Waals surface area contributed by atoms with Crippen LogP contribution < -0.4 is 5.73 Å². The van der Waals surface area contributed by atoms with Crippen LogP contribution in [0.2, 0.25) is 0 Å². The van der Waals surface area contributed by atoms with Crippen LogP contribution in [-0.4, -0.2) is 38.3 Å². The van der Waals surface area contributed by atoms with Crippen LogP contribution in [0.15, 0.2) is 24.3 Å². The van der Waals surface area contributed by atoms with Crippen LogP contribution in [0.4, 0.5) is 8.78 Å². The standard InChI is InChI=1S/C16H24F2N2O/c1-20(8-9-21-11-12-2-3-12)15(10-19)13-4-6-14(7-5-13)16(17)18/h4-7,12,15-16H,2-3,8-11,19H2,1H3. The topological polar surface area (TPSA) is 38.5 Å². The Bertz CT molecular complexity index is 421. The number of benzene rings is 1. The Labute approximate surface area is 125 Å². The minimum absolute atomic E-state index is 0.0289. The first-order chi connectivity index (χ1) is 10.1. The number of hydrogen-bond acceptors (Lipinski definition) is 3. The Morgan fingerprint density at radius 1 is 1.24 bits per heavy atom. The van der Waals surface area contributed by atoms with Gasteiger partial charge in [-0.15, -0.1) is 0 Å². The second kappa shape index (κ2) is 7.82. The first-order valence-electron chi connectivity index (χ1n) is 7.48. The van der Waals surface area contributed by atoms with Gasteiger partial charge in [0.25, 0.3) is 6.43 Å². The second-order valence-corrected chi connectivity index (χ2v) is 5.72. The maximum Gasteiger partial charge on any atom is 0.263 e. The average molecular weight is 298 g/mol. The molecule has 1 aliphatic carbocycles. The van der Waals surface area contributed by atoms with Crippen molar-refractivity contribution in [3.8, 4) is 0 Å². The quantitative estimate of drug-likeness (QED) is 0.712. The van der Waals surface area contributed by atoms with Crippen molar-refractivity contribution in [3.63, 3.8) is 0 Å². The van der Waals surface area contributed by atoms with Crippen LogP contribution in [0.5, 0.6) is 0 Å². The van der Waals surface area contributed by atoms with Crippen LogP contribution in [0, 0.1) is 5.92 Å². The fourth-order valence-corrected chi connectivity index (χ4v) is 2.33. The first kappa shape index (κ1) is 16.3. The lowest BCUT2D eigenvalue weighted by atomic mass is 10.0. The molecule has 2 N–H and O–H groups in total. The van der Waals surface area contributed by atoms with E-state index in [1.54, 1.807) is 12.1 Å². The maximum atomic E-state index is 12.6. The SMILES string of the molecule is CN(CCOCC1CC1)C(CN)c1ccc(C(F)F)cc1. The molecular formula is C16H24F2N2O. The van der Waals surface area contributed by atoms with Gasteiger partial charge in [-0.2, -0.15) is 0 Å². The molecule has 1 unspecified atom stereocenters. The lowest BCUT2D eigenvalue weighted by Crippen LogP contribution is -2.33. The minimum atomic E-state index is -2.43. The highest BCUT2D eigenvalue weighted by molar-refractivity contribution is 5.26. The molecule has 0 spiro atoms. The zero-order valence-electron chi connectivity index (χ0n) is 12.5.